The normalized spacial score (nSPS) is 26.1. The van der Waals surface area contributed by atoms with Crippen molar-refractivity contribution in [3.63, 3.8) is 0 Å². The highest BCUT2D eigenvalue weighted by molar-refractivity contribution is 6.31. The standard InChI is InChI=1S/C25H23ClN4O4/c1-14-18(13-29(28-14)16-7-5-4-6-8-16)21-19-20(25(2,27-21)24(33)34-3)23(32)30(22(19)31)17-11-9-15(26)10-12-17/h4-13,19-21,27H,1-3H3/t19-,20-,21-,25-/m1/s1. The van der Waals surface area contributed by atoms with Gasteiger partial charge in [-0.3, -0.25) is 19.7 Å². The molecule has 5 rings (SSSR count). The first-order chi connectivity index (χ1) is 16.3. The van der Waals surface area contributed by atoms with Crippen LogP contribution >= 0.6 is 11.6 Å². The Labute approximate surface area is 201 Å². The Bertz CT molecular complexity index is 1290. The summed E-state index contributed by atoms with van der Waals surface area (Å²) in [5.41, 5.74) is 1.32. The zero-order chi connectivity index (χ0) is 24.2. The molecule has 3 heterocycles. The van der Waals surface area contributed by atoms with E-state index in [-0.39, 0.29) is 5.91 Å². The second kappa shape index (κ2) is 8.07. The van der Waals surface area contributed by atoms with Crippen LogP contribution in [0.1, 0.15) is 24.2 Å². The maximum Gasteiger partial charge on any atom is 0.326 e. The Morgan fingerprint density at radius 1 is 1.06 bits per heavy atom. The number of imide groups is 1. The van der Waals surface area contributed by atoms with Gasteiger partial charge < -0.3 is 4.74 Å². The first-order valence-electron chi connectivity index (χ1n) is 10.9. The smallest absolute Gasteiger partial charge is 0.326 e. The van der Waals surface area contributed by atoms with Crippen molar-refractivity contribution in [2.45, 2.75) is 25.4 Å². The molecule has 4 atom stereocenters. The van der Waals surface area contributed by atoms with Gasteiger partial charge in [-0.25, -0.2) is 9.58 Å². The molecular formula is C25H23ClN4O4. The largest absolute Gasteiger partial charge is 0.468 e. The Morgan fingerprint density at radius 2 is 1.74 bits per heavy atom. The van der Waals surface area contributed by atoms with Crippen LogP contribution in [0.15, 0.2) is 60.8 Å². The zero-order valence-electron chi connectivity index (χ0n) is 18.9. The number of aryl methyl sites for hydroxylation is 1. The van der Waals surface area contributed by atoms with Gasteiger partial charge in [-0.2, -0.15) is 5.10 Å². The van der Waals surface area contributed by atoms with Crippen molar-refractivity contribution in [3.05, 3.63) is 77.1 Å². The molecular weight excluding hydrogens is 456 g/mol. The minimum absolute atomic E-state index is 0.380. The Hall–Kier alpha value is -3.49. The fraction of sp³-hybridized carbons (Fsp3) is 0.280. The number of amides is 2. The van der Waals surface area contributed by atoms with Gasteiger partial charge >= 0.3 is 5.97 Å². The summed E-state index contributed by atoms with van der Waals surface area (Å²) in [7, 11) is 1.27. The maximum absolute atomic E-state index is 13.7. The third-order valence-corrected chi connectivity index (χ3v) is 7.03. The van der Waals surface area contributed by atoms with Crippen molar-refractivity contribution in [1.82, 2.24) is 15.1 Å². The number of esters is 1. The van der Waals surface area contributed by atoms with Crippen molar-refractivity contribution >= 4 is 35.1 Å². The van der Waals surface area contributed by atoms with Crippen LogP contribution in [0.2, 0.25) is 5.02 Å². The molecule has 0 spiro atoms. The van der Waals surface area contributed by atoms with E-state index in [0.717, 1.165) is 16.2 Å². The third kappa shape index (κ3) is 3.25. The van der Waals surface area contributed by atoms with Crippen LogP contribution in [-0.4, -0.2) is 40.2 Å². The number of halogens is 1. The van der Waals surface area contributed by atoms with E-state index in [1.165, 1.54) is 7.11 Å². The first-order valence-corrected chi connectivity index (χ1v) is 11.2. The topological polar surface area (TPSA) is 93.5 Å². The van der Waals surface area contributed by atoms with E-state index in [1.807, 2.05) is 43.5 Å². The number of aromatic nitrogens is 2. The molecule has 2 aliphatic rings. The van der Waals surface area contributed by atoms with E-state index in [0.29, 0.717) is 16.4 Å². The number of nitrogens with one attached hydrogen (secondary N) is 1. The van der Waals surface area contributed by atoms with Crippen molar-refractivity contribution in [3.8, 4) is 5.69 Å². The molecule has 0 unspecified atom stereocenters. The Morgan fingerprint density at radius 3 is 2.38 bits per heavy atom. The lowest BCUT2D eigenvalue weighted by atomic mass is 9.80. The molecule has 0 bridgehead atoms. The molecule has 0 aliphatic carbocycles. The fourth-order valence-corrected chi connectivity index (χ4v) is 5.27. The van der Waals surface area contributed by atoms with Crippen LogP contribution in [0, 0.1) is 18.8 Å². The summed E-state index contributed by atoms with van der Waals surface area (Å²) in [6, 6.07) is 15.5. The second-order valence-corrected chi connectivity index (χ2v) is 9.19. The summed E-state index contributed by atoms with van der Waals surface area (Å²) in [4.78, 5) is 41.4. The zero-order valence-corrected chi connectivity index (χ0v) is 19.6. The minimum atomic E-state index is -1.39. The number of carbonyl (C=O) groups excluding carboxylic acids is 3. The van der Waals surface area contributed by atoms with Crippen LogP contribution in [0.25, 0.3) is 5.69 Å². The van der Waals surface area contributed by atoms with Crippen LogP contribution in [0.5, 0.6) is 0 Å². The maximum atomic E-state index is 13.7. The van der Waals surface area contributed by atoms with Crippen LogP contribution in [0.4, 0.5) is 5.69 Å². The molecule has 9 heteroatoms. The number of methoxy groups -OCH3 is 1. The number of rotatable bonds is 4. The number of carbonyl (C=O) groups is 3. The SMILES string of the molecule is COC(=O)[C@]1(C)N[C@H](c2cn(-c3ccccc3)nc2C)[C@@H]2C(=O)N(c3ccc(Cl)cc3)C(=O)[C@@H]21. The summed E-state index contributed by atoms with van der Waals surface area (Å²) < 4.78 is 6.78. The lowest BCUT2D eigenvalue weighted by Crippen LogP contribution is -2.54. The first kappa shape index (κ1) is 22.3. The van der Waals surface area contributed by atoms with Crippen LogP contribution < -0.4 is 10.2 Å². The van der Waals surface area contributed by atoms with Crippen molar-refractivity contribution < 1.29 is 19.1 Å². The van der Waals surface area contributed by atoms with Gasteiger partial charge in [-0.05, 0) is 50.2 Å². The van der Waals surface area contributed by atoms with Gasteiger partial charge in [0.1, 0.15) is 5.54 Å². The molecule has 2 aliphatic heterocycles. The number of ether oxygens (including phenoxy) is 1. The molecule has 0 saturated carbocycles. The third-order valence-electron chi connectivity index (χ3n) is 6.77. The summed E-state index contributed by atoms with van der Waals surface area (Å²) in [6.07, 6.45) is 1.84. The van der Waals surface area contributed by atoms with Gasteiger partial charge in [-0.1, -0.05) is 29.8 Å². The van der Waals surface area contributed by atoms with E-state index in [2.05, 4.69) is 10.4 Å². The molecule has 1 aromatic heterocycles. The van der Waals surface area contributed by atoms with Gasteiger partial charge in [0.15, 0.2) is 0 Å². The average molecular weight is 479 g/mol. The van der Waals surface area contributed by atoms with Crippen molar-refractivity contribution in [1.29, 1.82) is 0 Å². The van der Waals surface area contributed by atoms with Gasteiger partial charge in [-0.15, -0.1) is 0 Å². The molecule has 2 fully saturated rings. The summed E-state index contributed by atoms with van der Waals surface area (Å²) in [5.74, 6) is -3.17. The highest BCUT2D eigenvalue weighted by Crippen LogP contribution is 2.50. The van der Waals surface area contributed by atoms with E-state index in [9.17, 15) is 14.4 Å². The van der Waals surface area contributed by atoms with E-state index in [4.69, 9.17) is 16.3 Å². The summed E-state index contributed by atoms with van der Waals surface area (Å²) in [5, 5.41) is 8.38. The van der Waals surface area contributed by atoms with Crippen molar-refractivity contribution in [2.24, 2.45) is 11.8 Å². The fourth-order valence-electron chi connectivity index (χ4n) is 5.14. The predicted octanol–water partition coefficient (Wildman–Crippen LogP) is 3.22. The number of hydrogen-bond donors (Lipinski definition) is 1. The summed E-state index contributed by atoms with van der Waals surface area (Å²) in [6.45, 7) is 3.46. The molecule has 0 radical (unpaired) electrons. The molecule has 2 aromatic carbocycles. The number of nitrogens with zero attached hydrogens (tertiary/aromatic N) is 3. The number of fused-ring (bicyclic) bond motifs is 1. The molecule has 2 saturated heterocycles. The Balaban J connectivity index is 1.61. The monoisotopic (exact) mass is 478 g/mol. The van der Waals surface area contributed by atoms with Gasteiger partial charge in [0.2, 0.25) is 11.8 Å². The van der Waals surface area contributed by atoms with Gasteiger partial charge in [0.25, 0.3) is 0 Å². The minimum Gasteiger partial charge on any atom is -0.468 e. The van der Waals surface area contributed by atoms with Gasteiger partial charge in [0, 0.05) is 22.8 Å². The molecule has 1 N–H and O–H groups in total. The van der Waals surface area contributed by atoms with E-state index in [1.54, 1.807) is 35.9 Å². The number of hydrogen-bond acceptors (Lipinski definition) is 6. The summed E-state index contributed by atoms with van der Waals surface area (Å²) >= 11 is 6.00. The number of para-hydroxylation sites is 1. The van der Waals surface area contributed by atoms with Crippen molar-refractivity contribution in [2.75, 3.05) is 12.0 Å². The van der Waals surface area contributed by atoms with E-state index >= 15 is 0 Å². The lowest BCUT2D eigenvalue weighted by Gasteiger charge is -2.28. The lowest BCUT2D eigenvalue weighted by molar-refractivity contribution is -0.151. The highest BCUT2D eigenvalue weighted by atomic mass is 35.5. The average Bonchev–Trinajstić information content (AvgIpc) is 3.46. The second-order valence-electron chi connectivity index (χ2n) is 8.76. The number of anilines is 1. The highest BCUT2D eigenvalue weighted by Gasteiger charge is 2.67. The van der Waals surface area contributed by atoms with E-state index < -0.39 is 35.3 Å². The quantitative estimate of drug-likeness (QED) is 0.457. The Kier molecular flexibility index (Phi) is 5.30. The molecule has 2 amide bonds. The number of benzene rings is 2. The van der Waals surface area contributed by atoms with Crippen LogP contribution in [0.3, 0.4) is 0 Å². The van der Waals surface area contributed by atoms with Gasteiger partial charge in [0.05, 0.1) is 36.0 Å². The molecule has 8 nitrogen and oxygen atoms in total. The molecule has 3 aromatic rings. The van der Waals surface area contributed by atoms with Crippen LogP contribution in [-0.2, 0) is 19.1 Å². The molecule has 34 heavy (non-hydrogen) atoms. The molecule has 174 valence electrons. The predicted molar refractivity (Wildman–Crippen MR) is 126 cm³/mol.